The summed E-state index contributed by atoms with van der Waals surface area (Å²) < 4.78 is 5.16. The first-order valence-electron chi connectivity index (χ1n) is 7.47. The van der Waals surface area contributed by atoms with Gasteiger partial charge in [0.1, 0.15) is 0 Å². The molecule has 1 aliphatic heterocycles. The summed E-state index contributed by atoms with van der Waals surface area (Å²) in [7, 11) is 0. The second-order valence-electron chi connectivity index (χ2n) is 5.77. The zero-order valence-electron chi connectivity index (χ0n) is 13.1. The van der Waals surface area contributed by atoms with E-state index in [0.29, 0.717) is 17.8 Å². The molecule has 1 aromatic carbocycles. The quantitative estimate of drug-likeness (QED) is 0.914. The molecule has 1 N–H and O–H groups in total. The number of carboxylic acids is 1. The van der Waals surface area contributed by atoms with E-state index < -0.39 is 12.1 Å². The molecule has 0 spiro atoms. The Morgan fingerprint density at radius 1 is 1.30 bits per heavy atom. The highest BCUT2D eigenvalue weighted by Gasteiger charge is 2.30. The summed E-state index contributed by atoms with van der Waals surface area (Å²) in [5.41, 5.74) is 3.12. The first-order valence-corrected chi connectivity index (χ1v) is 7.47. The van der Waals surface area contributed by atoms with Crippen LogP contribution in [-0.2, 0) is 9.53 Å². The summed E-state index contributed by atoms with van der Waals surface area (Å²) in [6.07, 6.45) is -0.968. The zero-order valence-corrected chi connectivity index (χ0v) is 13.1. The van der Waals surface area contributed by atoms with Gasteiger partial charge in [-0.25, -0.2) is 4.79 Å². The second-order valence-corrected chi connectivity index (χ2v) is 5.77. The second kappa shape index (κ2) is 5.96. The molecule has 2 heterocycles. The van der Waals surface area contributed by atoms with E-state index in [1.807, 2.05) is 31.2 Å². The van der Waals surface area contributed by atoms with Gasteiger partial charge in [-0.15, -0.1) is 0 Å². The maximum Gasteiger partial charge on any atom is 0.334 e. The maximum atomic E-state index is 12.7. The van der Waals surface area contributed by atoms with E-state index in [1.165, 1.54) is 4.90 Å². The molecule has 1 aromatic heterocycles. The number of aryl methyl sites for hydroxylation is 2. The summed E-state index contributed by atoms with van der Waals surface area (Å²) in [5.74, 6) is -1.25. The molecule has 1 amide bonds. The predicted molar refractivity (Wildman–Crippen MR) is 84.5 cm³/mol. The molecule has 3 rings (SSSR count). The van der Waals surface area contributed by atoms with Crippen LogP contribution in [-0.4, -0.2) is 52.7 Å². The van der Waals surface area contributed by atoms with Crippen LogP contribution in [0.4, 0.5) is 0 Å². The van der Waals surface area contributed by atoms with Crippen LogP contribution in [0.15, 0.2) is 24.3 Å². The van der Waals surface area contributed by atoms with Gasteiger partial charge in [0.2, 0.25) is 0 Å². The number of pyridine rings is 1. The van der Waals surface area contributed by atoms with Crippen molar-refractivity contribution in [1.82, 2.24) is 9.88 Å². The number of ether oxygens (including phenoxy) is 1. The number of hydrogen-bond donors (Lipinski definition) is 1. The fraction of sp³-hybridized carbons (Fsp3) is 0.353. The van der Waals surface area contributed by atoms with E-state index in [9.17, 15) is 9.59 Å². The molecule has 6 heteroatoms. The molecule has 23 heavy (non-hydrogen) atoms. The SMILES string of the molecule is Cc1ccc2cc(C(=O)N3CCOC(C(=O)O)C3)c(C)nc2c1. The molecule has 0 bridgehead atoms. The van der Waals surface area contributed by atoms with Crippen LogP contribution in [0.25, 0.3) is 10.9 Å². The topological polar surface area (TPSA) is 79.7 Å². The molecular formula is C17H18N2O4. The van der Waals surface area contributed by atoms with Crippen molar-refractivity contribution >= 4 is 22.8 Å². The highest BCUT2D eigenvalue weighted by atomic mass is 16.5. The van der Waals surface area contributed by atoms with Gasteiger partial charge in [-0.2, -0.15) is 0 Å². The number of benzene rings is 1. The summed E-state index contributed by atoms with van der Waals surface area (Å²) >= 11 is 0. The van der Waals surface area contributed by atoms with Crippen LogP contribution in [0.2, 0.25) is 0 Å². The van der Waals surface area contributed by atoms with E-state index in [1.54, 1.807) is 6.92 Å². The number of carboxylic acid groups (broad SMARTS) is 1. The number of carbonyl (C=O) groups excluding carboxylic acids is 1. The summed E-state index contributed by atoms with van der Waals surface area (Å²) in [6, 6.07) is 7.71. The number of morpholine rings is 1. The molecular weight excluding hydrogens is 296 g/mol. The Morgan fingerprint density at radius 2 is 2.09 bits per heavy atom. The lowest BCUT2D eigenvalue weighted by atomic mass is 10.1. The molecule has 6 nitrogen and oxygen atoms in total. The lowest BCUT2D eigenvalue weighted by Gasteiger charge is -2.31. The van der Waals surface area contributed by atoms with Gasteiger partial charge < -0.3 is 14.7 Å². The highest BCUT2D eigenvalue weighted by molar-refractivity contribution is 5.99. The standard InChI is InChI=1S/C17H18N2O4/c1-10-3-4-12-8-13(11(2)18-14(12)7-10)16(20)19-5-6-23-15(9-19)17(21)22/h3-4,7-8,15H,5-6,9H2,1-2H3,(H,21,22). The lowest BCUT2D eigenvalue weighted by Crippen LogP contribution is -2.48. The lowest BCUT2D eigenvalue weighted by molar-refractivity contribution is -0.154. The number of nitrogens with zero attached hydrogens (tertiary/aromatic N) is 2. The Hall–Kier alpha value is -2.47. The van der Waals surface area contributed by atoms with Gasteiger partial charge in [-0.05, 0) is 31.5 Å². The number of aromatic nitrogens is 1. The van der Waals surface area contributed by atoms with Crippen molar-refractivity contribution in [2.24, 2.45) is 0 Å². The van der Waals surface area contributed by atoms with Crippen molar-refractivity contribution < 1.29 is 19.4 Å². The number of aliphatic carboxylic acids is 1. The Bertz CT molecular complexity index is 788. The molecule has 0 saturated carbocycles. The minimum atomic E-state index is -1.05. The minimum Gasteiger partial charge on any atom is -0.479 e. The van der Waals surface area contributed by atoms with E-state index in [4.69, 9.17) is 9.84 Å². The highest BCUT2D eigenvalue weighted by Crippen LogP contribution is 2.20. The Labute approximate surface area is 133 Å². The molecule has 1 fully saturated rings. The number of rotatable bonds is 2. The third kappa shape index (κ3) is 3.03. The Kier molecular flexibility index (Phi) is 4.00. The Balaban J connectivity index is 1.92. The number of amides is 1. The van der Waals surface area contributed by atoms with Crippen molar-refractivity contribution in [2.75, 3.05) is 19.7 Å². The van der Waals surface area contributed by atoms with Gasteiger partial charge in [0.05, 0.1) is 29.9 Å². The largest absolute Gasteiger partial charge is 0.479 e. The molecule has 120 valence electrons. The van der Waals surface area contributed by atoms with Gasteiger partial charge in [0.15, 0.2) is 6.10 Å². The molecule has 0 aliphatic carbocycles. The normalized spacial score (nSPS) is 18.2. The minimum absolute atomic E-state index is 0.0551. The number of fused-ring (bicyclic) bond motifs is 1. The maximum absolute atomic E-state index is 12.7. The summed E-state index contributed by atoms with van der Waals surface area (Å²) in [5, 5.41) is 9.95. The van der Waals surface area contributed by atoms with E-state index in [-0.39, 0.29) is 19.1 Å². The van der Waals surface area contributed by atoms with Gasteiger partial charge >= 0.3 is 5.97 Å². The molecule has 0 radical (unpaired) electrons. The van der Waals surface area contributed by atoms with Crippen LogP contribution in [0, 0.1) is 13.8 Å². The van der Waals surface area contributed by atoms with Gasteiger partial charge in [0, 0.05) is 11.9 Å². The first kappa shape index (κ1) is 15.4. The average Bonchev–Trinajstić information content (AvgIpc) is 2.53. The third-order valence-corrected chi connectivity index (χ3v) is 4.02. The molecule has 1 atom stereocenters. The van der Waals surface area contributed by atoms with Crippen molar-refractivity contribution in [3.05, 3.63) is 41.1 Å². The third-order valence-electron chi connectivity index (χ3n) is 4.02. The first-order chi connectivity index (χ1) is 11.0. The van der Waals surface area contributed by atoms with Crippen LogP contribution in [0.1, 0.15) is 21.6 Å². The van der Waals surface area contributed by atoms with E-state index >= 15 is 0 Å². The van der Waals surface area contributed by atoms with Crippen molar-refractivity contribution in [3.63, 3.8) is 0 Å². The molecule has 1 unspecified atom stereocenters. The van der Waals surface area contributed by atoms with Crippen LogP contribution in [0.5, 0.6) is 0 Å². The monoisotopic (exact) mass is 314 g/mol. The summed E-state index contributed by atoms with van der Waals surface area (Å²) in [6.45, 7) is 4.45. The van der Waals surface area contributed by atoms with Gasteiger partial charge in [-0.1, -0.05) is 12.1 Å². The fourth-order valence-electron chi connectivity index (χ4n) is 2.74. The van der Waals surface area contributed by atoms with Crippen molar-refractivity contribution in [3.8, 4) is 0 Å². The number of hydrogen-bond acceptors (Lipinski definition) is 4. The van der Waals surface area contributed by atoms with Crippen molar-refractivity contribution in [2.45, 2.75) is 20.0 Å². The van der Waals surface area contributed by atoms with E-state index in [0.717, 1.165) is 16.5 Å². The van der Waals surface area contributed by atoms with Crippen LogP contribution >= 0.6 is 0 Å². The smallest absolute Gasteiger partial charge is 0.334 e. The fourth-order valence-corrected chi connectivity index (χ4v) is 2.74. The van der Waals surface area contributed by atoms with Crippen LogP contribution < -0.4 is 0 Å². The zero-order chi connectivity index (χ0) is 16.6. The summed E-state index contributed by atoms with van der Waals surface area (Å²) in [4.78, 5) is 29.8. The molecule has 2 aromatic rings. The Morgan fingerprint density at radius 3 is 2.83 bits per heavy atom. The van der Waals surface area contributed by atoms with Gasteiger partial charge in [-0.3, -0.25) is 9.78 Å². The average molecular weight is 314 g/mol. The number of carbonyl (C=O) groups is 2. The van der Waals surface area contributed by atoms with Crippen LogP contribution in [0.3, 0.4) is 0 Å². The molecule has 1 saturated heterocycles. The van der Waals surface area contributed by atoms with Crippen molar-refractivity contribution in [1.29, 1.82) is 0 Å². The predicted octanol–water partition coefficient (Wildman–Crippen LogP) is 1.78. The van der Waals surface area contributed by atoms with Gasteiger partial charge in [0.25, 0.3) is 5.91 Å². The molecule has 1 aliphatic rings. The van der Waals surface area contributed by atoms with E-state index in [2.05, 4.69) is 4.98 Å².